The van der Waals surface area contributed by atoms with Crippen LogP contribution in [0, 0.1) is 0 Å². The molecule has 0 aromatic heterocycles. The van der Waals surface area contributed by atoms with Crippen molar-refractivity contribution in [2.24, 2.45) is 0 Å². The highest BCUT2D eigenvalue weighted by molar-refractivity contribution is 5.03. The highest BCUT2D eigenvalue weighted by atomic mass is 16.3. The molecule has 2 fully saturated rings. The Morgan fingerprint density at radius 2 is 1.93 bits per heavy atom. The van der Waals surface area contributed by atoms with Gasteiger partial charge in [-0.25, -0.2) is 0 Å². The van der Waals surface area contributed by atoms with Crippen LogP contribution in [0.4, 0.5) is 0 Å². The third-order valence-corrected chi connectivity index (χ3v) is 4.00. The highest BCUT2D eigenvalue weighted by Gasteiger charge is 2.43. The Labute approximate surface area is 87.1 Å². The average Bonchev–Trinajstić information content (AvgIpc) is 2.97. The molecule has 0 spiro atoms. The molecule has 14 heavy (non-hydrogen) atoms. The van der Waals surface area contributed by atoms with E-state index >= 15 is 0 Å². The Kier molecular flexibility index (Phi) is 3.13. The van der Waals surface area contributed by atoms with E-state index in [9.17, 15) is 5.11 Å². The van der Waals surface area contributed by atoms with Crippen LogP contribution >= 0.6 is 0 Å². The van der Waals surface area contributed by atoms with Gasteiger partial charge in [0.1, 0.15) is 0 Å². The summed E-state index contributed by atoms with van der Waals surface area (Å²) >= 11 is 0. The van der Waals surface area contributed by atoms with Crippen LogP contribution in [-0.2, 0) is 0 Å². The van der Waals surface area contributed by atoms with E-state index in [1.165, 1.54) is 44.9 Å². The number of hydrogen-bond donors (Lipinski definition) is 2. The van der Waals surface area contributed by atoms with Gasteiger partial charge in [0.15, 0.2) is 0 Å². The minimum absolute atomic E-state index is 0.0958. The fraction of sp³-hybridized carbons (Fsp3) is 1.00. The zero-order valence-electron chi connectivity index (χ0n) is 9.26. The van der Waals surface area contributed by atoms with Gasteiger partial charge in [-0.2, -0.15) is 0 Å². The highest BCUT2D eigenvalue weighted by Crippen LogP contribution is 2.39. The van der Waals surface area contributed by atoms with E-state index in [1.807, 2.05) is 0 Å². The van der Waals surface area contributed by atoms with Gasteiger partial charge >= 0.3 is 0 Å². The van der Waals surface area contributed by atoms with Gasteiger partial charge < -0.3 is 10.4 Å². The van der Waals surface area contributed by atoms with Crippen LogP contribution in [0.1, 0.15) is 58.3 Å². The summed E-state index contributed by atoms with van der Waals surface area (Å²) in [7, 11) is 0. The van der Waals surface area contributed by atoms with Crippen LogP contribution in [0.2, 0.25) is 0 Å². The molecule has 0 aliphatic heterocycles. The van der Waals surface area contributed by atoms with Crippen LogP contribution in [0.3, 0.4) is 0 Å². The van der Waals surface area contributed by atoms with E-state index in [0.29, 0.717) is 11.6 Å². The average molecular weight is 197 g/mol. The summed E-state index contributed by atoms with van der Waals surface area (Å²) in [4.78, 5) is 0. The first-order chi connectivity index (χ1) is 6.76. The predicted molar refractivity (Wildman–Crippen MR) is 58.3 cm³/mol. The lowest BCUT2D eigenvalue weighted by molar-refractivity contribution is 0.111. The van der Waals surface area contributed by atoms with Crippen molar-refractivity contribution in [2.45, 2.75) is 76.0 Å². The lowest BCUT2D eigenvalue weighted by atomic mass is 10.0. The number of aliphatic hydroxyl groups excluding tert-OH is 1. The van der Waals surface area contributed by atoms with Crippen LogP contribution in [0.25, 0.3) is 0 Å². The molecule has 82 valence electrons. The fourth-order valence-electron chi connectivity index (χ4n) is 2.60. The van der Waals surface area contributed by atoms with E-state index in [1.54, 1.807) is 0 Å². The number of nitrogens with one attached hydrogen (secondary N) is 1. The first-order valence-electron chi connectivity index (χ1n) is 6.21. The van der Waals surface area contributed by atoms with Gasteiger partial charge in [-0.1, -0.05) is 26.2 Å². The van der Waals surface area contributed by atoms with Crippen LogP contribution in [-0.4, -0.2) is 22.8 Å². The van der Waals surface area contributed by atoms with Gasteiger partial charge in [-0.15, -0.1) is 0 Å². The second-order valence-electron chi connectivity index (χ2n) is 5.09. The minimum Gasteiger partial charge on any atom is -0.392 e. The van der Waals surface area contributed by atoms with E-state index in [2.05, 4.69) is 12.2 Å². The third kappa shape index (κ3) is 2.29. The second-order valence-corrected chi connectivity index (χ2v) is 5.09. The van der Waals surface area contributed by atoms with Gasteiger partial charge in [-0.3, -0.25) is 0 Å². The summed E-state index contributed by atoms with van der Waals surface area (Å²) in [6.07, 6.45) is 9.71. The number of rotatable bonds is 3. The Hall–Kier alpha value is -0.0800. The molecule has 0 aromatic rings. The number of hydrogen-bond acceptors (Lipinski definition) is 2. The molecule has 0 aromatic carbocycles. The molecule has 0 bridgehead atoms. The number of aliphatic hydroxyl groups is 1. The van der Waals surface area contributed by atoms with Gasteiger partial charge in [0.05, 0.1) is 6.10 Å². The SMILES string of the molecule is CCC1(NC2CCCCCC2O)CC1. The van der Waals surface area contributed by atoms with E-state index in [-0.39, 0.29) is 6.10 Å². The van der Waals surface area contributed by atoms with E-state index in [0.717, 1.165) is 6.42 Å². The molecule has 2 N–H and O–H groups in total. The van der Waals surface area contributed by atoms with Crippen molar-refractivity contribution in [3.63, 3.8) is 0 Å². The van der Waals surface area contributed by atoms with E-state index in [4.69, 9.17) is 0 Å². The van der Waals surface area contributed by atoms with Crippen molar-refractivity contribution in [3.8, 4) is 0 Å². The largest absolute Gasteiger partial charge is 0.392 e. The molecular weight excluding hydrogens is 174 g/mol. The zero-order chi connectivity index (χ0) is 10.0. The molecule has 2 saturated carbocycles. The standard InChI is InChI=1S/C12H23NO/c1-2-12(8-9-12)13-10-6-4-3-5-7-11(10)14/h10-11,13-14H,2-9H2,1H3. The van der Waals surface area contributed by atoms with Crippen molar-refractivity contribution in [3.05, 3.63) is 0 Å². The molecule has 0 heterocycles. The molecule has 0 saturated heterocycles. The second kappa shape index (κ2) is 4.19. The maximum atomic E-state index is 9.97. The first-order valence-corrected chi connectivity index (χ1v) is 6.21. The Balaban J connectivity index is 1.88. The summed E-state index contributed by atoms with van der Waals surface area (Å²) in [6, 6.07) is 0.375. The van der Waals surface area contributed by atoms with Gasteiger partial charge in [-0.05, 0) is 32.1 Å². The normalized spacial score (nSPS) is 36.4. The molecule has 2 aliphatic rings. The summed E-state index contributed by atoms with van der Waals surface area (Å²) < 4.78 is 0. The monoisotopic (exact) mass is 197 g/mol. The molecular formula is C12H23NO. The van der Waals surface area contributed by atoms with Crippen molar-refractivity contribution < 1.29 is 5.11 Å². The van der Waals surface area contributed by atoms with Gasteiger partial charge in [0.25, 0.3) is 0 Å². The molecule has 2 heteroatoms. The smallest absolute Gasteiger partial charge is 0.0693 e. The molecule has 2 unspecified atom stereocenters. The summed E-state index contributed by atoms with van der Waals surface area (Å²) in [5.41, 5.74) is 0.413. The Morgan fingerprint density at radius 1 is 1.21 bits per heavy atom. The van der Waals surface area contributed by atoms with Crippen LogP contribution in [0.15, 0.2) is 0 Å². The first kappa shape index (κ1) is 10.4. The third-order valence-electron chi connectivity index (χ3n) is 4.00. The molecule has 0 amide bonds. The zero-order valence-corrected chi connectivity index (χ0v) is 9.26. The molecule has 2 rings (SSSR count). The summed E-state index contributed by atoms with van der Waals surface area (Å²) in [5.74, 6) is 0. The van der Waals surface area contributed by atoms with Crippen LogP contribution < -0.4 is 5.32 Å². The quantitative estimate of drug-likeness (QED) is 0.680. The maximum absolute atomic E-state index is 9.97. The van der Waals surface area contributed by atoms with Gasteiger partial charge in [0, 0.05) is 11.6 Å². The molecule has 2 atom stereocenters. The van der Waals surface area contributed by atoms with E-state index < -0.39 is 0 Å². The van der Waals surface area contributed by atoms with Crippen molar-refractivity contribution >= 4 is 0 Å². The van der Waals surface area contributed by atoms with Gasteiger partial charge in [0.2, 0.25) is 0 Å². The Morgan fingerprint density at radius 3 is 2.57 bits per heavy atom. The fourth-order valence-corrected chi connectivity index (χ4v) is 2.60. The lowest BCUT2D eigenvalue weighted by Gasteiger charge is -2.27. The van der Waals surface area contributed by atoms with Crippen molar-refractivity contribution in [1.29, 1.82) is 0 Å². The molecule has 2 aliphatic carbocycles. The van der Waals surface area contributed by atoms with Crippen molar-refractivity contribution in [1.82, 2.24) is 5.32 Å². The summed E-state index contributed by atoms with van der Waals surface area (Å²) in [5, 5.41) is 13.7. The Bertz CT molecular complexity index is 189. The van der Waals surface area contributed by atoms with Crippen molar-refractivity contribution in [2.75, 3.05) is 0 Å². The lowest BCUT2D eigenvalue weighted by Crippen LogP contribution is -2.46. The minimum atomic E-state index is -0.0958. The molecule has 0 radical (unpaired) electrons. The van der Waals surface area contributed by atoms with Crippen LogP contribution in [0.5, 0.6) is 0 Å². The topological polar surface area (TPSA) is 32.3 Å². The summed E-state index contributed by atoms with van der Waals surface area (Å²) in [6.45, 7) is 2.25. The molecule has 2 nitrogen and oxygen atoms in total. The predicted octanol–water partition coefficient (Wildman–Crippen LogP) is 2.21. The maximum Gasteiger partial charge on any atom is 0.0693 e.